The summed E-state index contributed by atoms with van der Waals surface area (Å²) in [6.45, 7) is 5.44. The zero-order valence-electron chi connectivity index (χ0n) is 17.8. The van der Waals surface area contributed by atoms with Crippen molar-refractivity contribution in [1.82, 2.24) is 5.32 Å². The largest absolute Gasteiger partial charge is 0.480 e. The van der Waals surface area contributed by atoms with Gasteiger partial charge in [-0.2, -0.15) is 0 Å². The number of esters is 1. The fourth-order valence-corrected chi connectivity index (χ4v) is 3.08. The van der Waals surface area contributed by atoms with Gasteiger partial charge in [0.2, 0.25) is 0 Å². The molecular weight excluding hydrogens is 342 g/mol. The number of ether oxygens (including phenoxy) is 1. The smallest absolute Gasteiger partial charge is 0.321 e. The van der Waals surface area contributed by atoms with Gasteiger partial charge >= 0.3 is 11.9 Å². The first-order chi connectivity index (χ1) is 13.1. The van der Waals surface area contributed by atoms with Crippen molar-refractivity contribution in [3.8, 4) is 0 Å². The number of hydrogen-bond donors (Lipinski definition) is 2. The molecule has 0 radical (unpaired) electrons. The number of carbonyl (C=O) groups is 2. The van der Waals surface area contributed by atoms with Crippen molar-refractivity contribution in [2.45, 2.75) is 116 Å². The molecule has 0 aromatic heterocycles. The van der Waals surface area contributed by atoms with Gasteiger partial charge in [0.15, 0.2) is 0 Å². The van der Waals surface area contributed by atoms with E-state index in [0.29, 0.717) is 13.2 Å². The van der Waals surface area contributed by atoms with E-state index in [1.165, 1.54) is 64.2 Å². The molecule has 0 saturated heterocycles. The monoisotopic (exact) mass is 385 g/mol. The van der Waals surface area contributed by atoms with Crippen LogP contribution in [0.3, 0.4) is 0 Å². The molecule has 0 heterocycles. The maximum absolute atomic E-state index is 11.8. The van der Waals surface area contributed by atoms with E-state index >= 15 is 0 Å². The van der Waals surface area contributed by atoms with Gasteiger partial charge in [-0.05, 0) is 19.4 Å². The summed E-state index contributed by atoms with van der Waals surface area (Å²) in [5.74, 6) is -1.40. The third-order valence-corrected chi connectivity index (χ3v) is 4.85. The van der Waals surface area contributed by atoms with Crippen LogP contribution in [0, 0.1) is 0 Å². The SMILES string of the molecule is CCCCCCCCCCOC(=O)CC(NCCCCCCCC)C(=O)O. The zero-order chi connectivity index (χ0) is 20.2. The number of nitrogens with one attached hydrogen (secondary N) is 1. The van der Waals surface area contributed by atoms with E-state index in [1.807, 2.05) is 0 Å². The number of unbranched alkanes of at least 4 members (excludes halogenated alkanes) is 12. The predicted octanol–water partition coefficient (Wildman–Crippen LogP) is 5.46. The summed E-state index contributed by atoms with van der Waals surface area (Å²) in [5, 5.41) is 12.2. The molecule has 160 valence electrons. The predicted molar refractivity (Wildman–Crippen MR) is 111 cm³/mol. The maximum atomic E-state index is 11.8. The second-order valence-electron chi connectivity index (χ2n) is 7.51. The minimum atomic E-state index is -0.981. The van der Waals surface area contributed by atoms with Crippen LogP contribution in [-0.2, 0) is 14.3 Å². The second kappa shape index (κ2) is 19.7. The molecule has 0 aliphatic rings. The third-order valence-electron chi connectivity index (χ3n) is 4.85. The number of hydrogen-bond acceptors (Lipinski definition) is 4. The average molecular weight is 386 g/mol. The van der Waals surface area contributed by atoms with Crippen LogP contribution in [-0.4, -0.2) is 36.2 Å². The van der Waals surface area contributed by atoms with E-state index in [9.17, 15) is 14.7 Å². The molecule has 0 aliphatic carbocycles. The van der Waals surface area contributed by atoms with Crippen LogP contribution in [0.4, 0.5) is 0 Å². The molecule has 27 heavy (non-hydrogen) atoms. The van der Waals surface area contributed by atoms with Crippen LogP contribution in [0.5, 0.6) is 0 Å². The molecule has 1 unspecified atom stereocenters. The van der Waals surface area contributed by atoms with E-state index in [1.54, 1.807) is 0 Å². The van der Waals surface area contributed by atoms with Crippen molar-refractivity contribution in [3.05, 3.63) is 0 Å². The minimum Gasteiger partial charge on any atom is -0.480 e. The van der Waals surface area contributed by atoms with E-state index in [4.69, 9.17) is 4.74 Å². The van der Waals surface area contributed by atoms with Gasteiger partial charge in [0, 0.05) is 0 Å². The molecule has 0 saturated carbocycles. The first kappa shape index (κ1) is 25.9. The van der Waals surface area contributed by atoms with Crippen molar-refractivity contribution in [2.24, 2.45) is 0 Å². The quantitative estimate of drug-likeness (QED) is 0.215. The lowest BCUT2D eigenvalue weighted by molar-refractivity contribution is -0.149. The van der Waals surface area contributed by atoms with Gasteiger partial charge in [0.25, 0.3) is 0 Å². The number of carboxylic acid groups (broad SMARTS) is 1. The highest BCUT2D eigenvalue weighted by Crippen LogP contribution is 2.09. The van der Waals surface area contributed by atoms with Gasteiger partial charge in [0.05, 0.1) is 13.0 Å². The summed E-state index contributed by atoms with van der Waals surface area (Å²) < 4.78 is 5.20. The Bertz CT molecular complexity index is 360. The number of aliphatic carboxylic acids is 1. The highest BCUT2D eigenvalue weighted by Gasteiger charge is 2.21. The van der Waals surface area contributed by atoms with Crippen molar-refractivity contribution < 1.29 is 19.4 Å². The molecule has 5 nitrogen and oxygen atoms in total. The van der Waals surface area contributed by atoms with Crippen molar-refractivity contribution in [2.75, 3.05) is 13.2 Å². The Balaban J connectivity index is 3.67. The highest BCUT2D eigenvalue weighted by atomic mass is 16.5. The molecule has 0 amide bonds. The van der Waals surface area contributed by atoms with Crippen molar-refractivity contribution in [3.63, 3.8) is 0 Å². The minimum absolute atomic E-state index is 0.0951. The standard InChI is InChI=1S/C22H43NO4/c1-3-5-7-9-11-12-14-16-18-27-21(24)19-20(22(25)26)23-17-15-13-10-8-6-4-2/h20,23H,3-19H2,1-2H3,(H,25,26). The molecule has 0 aromatic rings. The van der Waals surface area contributed by atoms with E-state index in [2.05, 4.69) is 19.2 Å². The molecule has 0 aromatic carbocycles. The van der Waals surface area contributed by atoms with Gasteiger partial charge in [-0.1, -0.05) is 90.9 Å². The lowest BCUT2D eigenvalue weighted by Gasteiger charge is -2.14. The summed E-state index contributed by atoms with van der Waals surface area (Å²) in [6, 6.07) is -0.841. The van der Waals surface area contributed by atoms with Crippen molar-refractivity contribution >= 4 is 11.9 Å². The fourth-order valence-electron chi connectivity index (χ4n) is 3.08. The molecule has 0 bridgehead atoms. The number of carbonyl (C=O) groups excluding carboxylic acids is 1. The normalized spacial score (nSPS) is 12.1. The maximum Gasteiger partial charge on any atom is 0.321 e. The Labute approximate surface area is 166 Å². The lowest BCUT2D eigenvalue weighted by Crippen LogP contribution is -2.39. The Morgan fingerprint density at radius 1 is 0.778 bits per heavy atom. The Morgan fingerprint density at radius 3 is 1.78 bits per heavy atom. The summed E-state index contributed by atoms with van der Waals surface area (Å²) in [5.41, 5.74) is 0. The molecule has 1 atom stereocenters. The summed E-state index contributed by atoms with van der Waals surface area (Å²) in [4.78, 5) is 23.1. The van der Waals surface area contributed by atoms with Crippen LogP contribution in [0.2, 0.25) is 0 Å². The summed E-state index contributed by atoms with van der Waals surface area (Å²) in [7, 11) is 0. The van der Waals surface area contributed by atoms with Crippen LogP contribution in [0.1, 0.15) is 110 Å². The van der Waals surface area contributed by atoms with Crippen molar-refractivity contribution in [1.29, 1.82) is 0 Å². The van der Waals surface area contributed by atoms with Crippen LogP contribution >= 0.6 is 0 Å². The zero-order valence-corrected chi connectivity index (χ0v) is 17.8. The molecule has 0 spiro atoms. The molecular formula is C22H43NO4. The molecule has 5 heteroatoms. The second-order valence-corrected chi connectivity index (χ2v) is 7.51. The molecule has 0 rings (SSSR count). The topological polar surface area (TPSA) is 75.6 Å². The van der Waals surface area contributed by atoms with E-state index in [-0.39, 0.29) is 6.42 Å². The van der Waals surface area contributed by atoms with Crippen LogP contribution < -0.4 is 5.32 Å². The summed E-state index contributed by atoms with van der Waals surface area (Å²) in [6.07, 6.45) is 16.4. The molecule has 2 N–H and O–H groups in total. The number of carboxylic acids is 1. The lowest BCUT2D eigenvalue weighted by atomic mass is 10.1. The van der Waals surface area contributed by atoms with Crippen LogP contribution in [0.15, 0.2) is 0 Å². The highest BCUT2D eigenvalue weighted by molar-refractivity contribution is 5.81. The first-order valence-corrected chi connectivity index (χ1v) is 11.2. The van der Waals surface area contributed by atoms with Gasteiger partial charge in [-0.15, -0.1) is 0 Å². The Hall–Kier alpha value is -1.10. The van der Waals surface area contributed by atoms with Gasteiger partial charge in [-0.25, -0.2) is 0 Å². The average Bonchev–Trinajstić information content (AvgIpc) is 2.64. The first-order valence-electron chi connectivity index (χ1n) is 11.2. The third kappa shape index (κ3) is 18.0. The molecule has 0 fully saturated rings. The van der Waals surface area contributed by atoms with E-state index in [0.717, 1.165) is 25.7 Å². The van der Waals surface area contributed by atoms with E-state index < -0.39 is 18.0 Å². The Kier molecular flexibility index (Phi) is 18.9. The van der Waals surface area contributed by atoms with Gasteiger partial charge < -0.3 is 15.2 Å². The van der Waals surface area contributed by atoms with Gasteiger partial charge in [-0.3, -0.25) is 9.59 Å². The molecule has 0 aliphatic heterocycles. The summed E-state index contributed by atoms with van der Waals surface area (Å²) >= 11 is 0. The fraction of sp³-hybridized carbons (Fsp3) is 0.909. The Morgan fingerprint density at radius 2 is 1.26 bits per heavy atom. The van der Waals surface area contributed by atoms with Crippen LogP contribution in [0.25, 0.3) is 0 Å². The van der Waals surface area contributed by atoms with Gasteiger partial charge in [0.1, 0.15) is 6.04 Å². The number of rotatable bonds is 20.